The predicted octanol–water partition coefficient (Wildman–Crippen LogP) is 1.92. The van der Waals surface area contributed by atoms with E-state index >= 15 is 0 Å². The first-order valence-electron chi connectivity index (χ1n) is 4.27. The molecule has 2 nitrogen and oxygen atoms in total. The molecular formula is C11H15NO. The normalized spacial score (nSPS) is 15.8. The Kier molecular flexibility index (Phi) is 3.53. The van der Waals surface area contributed by atoms with Crippen molar-refractivity contribution < 1.29 is 4.74 Å². The summed E-state index contributed by atoms with van der Waals surface area (Å²) in [5.41, 5.74) is 7.75. The van der Waals surface area contributed by atoms with Crippen LogP contribution in [0.5, 0.6) is 0 Å². The van der Waals surface area contributed by atoms with Gasteiger partial charge in [0.1, 0.15) is 5.76 Å². The molecule has 0 aromatic carbocycles. The van der Waals surface area contributed by atoms with E-state index in [9.17, 15) is 0 Å². The van der Waals surface area contributed by atoms with Crippen LogP contribution in [0.1, 0.15) is 6.42 Å². The van der Waals surface area contributed by atoms with Crippen LogP contribution in [0, 0.1) is 0 Å². The summed E-state index contributed by atoms with van der Waals surface area (Å²) in [6, 6.07) is 0. The first kappa shape index (κ1) is 9.81. The van der Waals surface area contributed by atoms with Crippen molar-refractivity contribution in [3.05, 3.63) is 47.8 Å². The van der Waals surface area contributed by atoms with Gasteiger partial charge < -0.3 is 10.5 Å². The molecule has 13 heavy (non-hydrogen) atoms. The van der Waals surface area contributed by atoms with Crippen LogP contribution in [0.2, 0.25) is 0 Å². The summed E-state index contributed by atoms with van der Waals surface area (Å²) in [6.07, 6.45) is 8.97. The van der Waals surface area contributed by atoms with Crippen LogP contribution >= 0.6 is 0 Å². The van der Waals surface area contributed by atoms with Crippen molar-refractivity contribution in [2.45, 2.75) is 6.42 Å². The van der Waals surface area contributed by atoms with Crippen molar-refractivity contribution in [1.82, 2.24) is 0 Å². The Morgan fingerprint density at radius 3 is 3.00 bits per heavy atom. The fourth-order valence-electron chi connectivity index (χ4n) is 1.14. The zero-order valence-corrected chi connectivity index (χ0v) is 7.92. The molecule has 2 N–H and O–H groups in total. The van der Waals surface area contributed by atoms with Crippen LogP contribution in [0.3, 0.4) is 0 Å². The summed E-state index contributed by atoms with van der Waals surface area (Å²) in [4.78, 5) is 0. The first-order valence-corrected chi connectivity index (χ1v) is 4.27. The Hall–Kier alpha value is -1.28. The Morgan fingerprint density at radius 2 is 2.38 bits per heavy atom. The Bertz CT molecular complexity index is 284. The maximum absolute atomic E-state index is 5.52. The van der Waals surface area contributed by atoms with Gasteiger partial charge in [-0.2, -0.15) is 0 Å². The molecule has 0 spiro atoms. The van der Waals surface area contributed by atoms with Gasteiger partial charge in [-0.1, -0.05) is 30.9 Å². The monoisotopic (exact) mass is 177 g/mol. The molecule has 0 unspecified atom stereocenters. The summed E-state index contributed by atoms with van der Waals surface area (Å²) < 4.78 is 5.06. The Labute approximate surface area is 79.1 Å². The van der Waals surface area contributed by atoms with Crippen molar-refractivity contribution in [2.24, 2.45) is 5.73 Å². The van der Waals surface area contributed by atoms with Gasteiger partial charge >= 0.3 is 0 Å². The van der Waals surface area contributed by atoms with Crippen LogP contribution in [0.25, 0.3) is 0 Å². The highest BCUT2D eigenvalue weighted by atomic mass is 16.5. The summed E-state index contributed by atoms with van der Waals surface area (Å²) in [5.74, 6) is 0.721. The molecule has 0 radical (unpaired) electrons. The van der Waals surface area contributed by atoms with Gasteiger partial charge in [-0.05, 0) is 17.6 Å². The molecule has 0 saturated carbocycles. The molecule has 0 heterocycles. The number of ether oxygens (including phenoxy) is 1. The van der Waals surface area contributed by atoms with Crippen molar-refractivity contribution in [1.29, 1.82) is 0 Å². The Balaban J connectivity index is 2.80. The second-order valence-electron chi connectivity index (χ2n) is 2.87. The third-order valence-corrected chi connectivity index (χ3v) is 2.01. The fourth-order valence-corrected chi connectivity index (χ4v) is 1.14. The summed E-state index contributed by atoms with van der Waals surface area (Å²) in [6.45, 7) is 4.37. The van der Waals surface area contributed by atoms with E-state index in [-0.39, 0.29) is 0 Å². The molecule has 1 rings (SSSR count). The molecule has 0 bridgehead atoms. The van der Waals surface area contributed by atoms with Gasteiger partial charge in [0.2, 0.25) is 0 Å². The molecular weight excluding hydrogens is 162 g/mol. The molecule has 0 aromatic heterocycles. The highest BCUT2D eigenvalue weighted by Gasteiger charge is 2.02. The largest absolute Gasteiger partial charge is 0.497 e. The maximum atomic E-state index is 5.52. The molecule has 0 amide bonds. The third-order valence-electron chi connectivity index (χ3n) is 2.01. The van der Waals surface area contributed by atoms with Crippen molar-refractivity contribution in [2.75, 3.05) is 13.7 Å². The zero-order valence-electron chi connectivity index (χ0n) is 7.92. The lowest BCUT2D eigenvalue weighted by atomic mass is 10.1. The summed E-state index contributed by atoms with van der Waals surface area (Å²) >= 11 is 0. The van der Waals surface area contributed by atoms with Gasteiger partial charge in [0.25, 0.3) is 0 Å². The number of methoxy groups -OCH3 is 1. The maximum Gasteiger partial charge on any atom is 0.115 e. The zero-order chi connectivity index (χ0) is 9.68. The van der Waals surface area contributed by atoms with Gasteiger partial charge in [0.05, 0.1) is 7.11 Å². The summed E-state index contributed by atoms with van der Waals surface area (Å²) in [7, 11) is 1.63. The molecule has 0 aliphatic heterocycles. The van der Waals surface area contributed by atoms with Gasteiger partial charge in [-0.25, -0.2) is 0 Å². The van der Waals surface area contributed by atoms with Crippen LogP contribution in [-0.2, 0) is 4.74 Å². The lowest BCUT2D eigenvalue weighted by Gasteiger charge is -2.04. The molecule has 70 valence electrons. The fraction of sp³-hybridized carbons (Fsp3) is 0.273. The van der Waals surface area contributed by atoms with E-state index in [0.29, 0.717) is 6.54 Å². The van der Waals surface area contributed by atoms with E-state index < -0.39 is 0 Å². The molecule has 1 aliphatic carbocycles. The Morgan fingerprint density at radius 1 is 1.62 bits per heavy atom. The third kappa shape index (κ3) is 2.60. The molecule has 0 fully saturated rings. The van der Waals surface area contributed by atoms with E-state index in [1.165, 1.54) is 0 Å². The average Bonchev–Trinajstić information content (AvgIpc) is 2.41. The highest BCUT2D eigenvalue weighted by molar-refractivity contribution is 5.37. The van der Waals surface area contributed by atoms with Gasteiger partial charge in [0, 0.05) is 6.54 Å². The SMILES string of the molecule is C=C(OC)C1=CC=C(CN)C=CC1. The smallest absolute Gasteiger partial charge is 0.115 e. The summed E-state index contributed by atoms with van der Waals surface area (Å²) in [5, 5.41) is 0. The number of rotatable bonds is 3. The van der Waals surface area contributed by atoms with Crippen molar-refractivity contribution in [3.63, 3.8) is 0 Å². The van der Waals surface area contributed by atoms with E-state index in [0.717, 1.165) is 23.3 Å². The van der Waals surface area contributed by atoms with E-state index in [1.807, 2.05) is 18.2 Å². The van der Waals surface area contributed by atoms with Crippen LogP contribution < -0.4 is 5.73 Å². The van der Waals surface area contributed by atoms with Gasteiger partial charge in [0.15, 0.2) is 0 Å². The highest BCUT2D eigenvalue weighted by Crippen LogP contribution is 2.17. The second-order valence-corrected chi connectivity index (χ2v) is 2.87. The second kappa shape index (κ2) is 4.67. The molecule has 1 aliphatic rings. The van der Waals surface area contributed by atoms with Crippen molar-refractivity contribution in [3.8, 4) is 0 Å². The standard InChI is InChI=1S/C11H15NO/c1-9(13-2)11-5-3-4-10(8-12)6-7-11/h3-4,6-7H,1,5,8,12H2,2H3. The van der Waals surface area contributed by atoms with Gasteiger partial charge in [-0.15, -0.1) is 0 Å². The molecule has 0 atom stereocenters. The molecule has 2 heteroatoms. The minimum atomic E-state index is 0.569. The van der Waals surface area contributed by atoms with Crippen LogP contribution in [-0.4, -0.2) is 13.7 Å². The van der Waals surface area contributed by atoms with Gasteiger partial charge in [-0.3, -0.25) is 0 Å². The minimum absolute atomic E-state index is 0.569. The predicted molar refractivity (Wildman–Crippen MR) is 55.1 cm³/mol. The minimum Gasteiger partial charge on any atom is -0.497 e. The first-order chi connectivity index (χ1) is 6.27. The quantitative estimate of drug-likeness (QED) is 0.668. The van der Waals surface area contributed by atoms with Crippen LogP contribution in [0.15, 0.2) is 47.8 Å². The lowest BCUT2D eigenvalue weighted by molar-refractivity contribution is 0.301. The molecule has 0 aromatic rings. The number of allylic oxidation sites excluding steroid dienone is 4. The number of nitrogens with two attached hydrogens (primary N) is 1. The lowest BCUT2D eigenvalue weighted by Crippen LogP contribution is -1.99. The van der Waals surface area contributed by atoms with Crippen LogP contribution in [0.4, 0.5) is 0 Å². The topological polar surface area (TPSA) is 35.2 Å². The number of hydrogen-bond acceptors (Lipinski definition) is 2. The average molecular weight is 177 g/mol. The molecule has 0 saturated heterocycles. The van der Waals surface area contributed by atoms with Crippen molar-refractivity contribution >= 4 is 0 Å². The van der Waals surface area contributed by atoms with E-state index in [4.69, 9.17) is 10.5 Å². The van der Waals surface area contributed by atoms with E-state index in [1.54, 1.807) is 7.11 Å². The van der Waals surface area contributed by atoms with E-state index in [2.05, 4.69) is 12.7 Å². The number of hydrogen-bond donors (Lipinski definition) is 1.